The molecule has 0 spiro atoms. The maximum Gasteiger partial charge on any atom is 0.261 e. The van der Waals surface area contributed by atoms with Gasteiger partial charge in [0.1, 0.15) is 0 Å². The molecule has 1 amide bonds. The molecular weight excluding hydrogens is 395 g/mol. The summed E-state index contributed by atoms with van der Waals surface area (Å²) in [7, 11) is -3.89. The summed E-state index contributed by atoms with van der Waals surface area (Å²) in [6.07, 6.45) is 1.77. The van der Waals surface area contributed by atoms with E-state index >= 15 is 0 Å². The molecule has 26 heavy (non-hydrogen) atoms. The summed E-state index contributed by atoms with van der Waals surface area (Å²) in [6, 6.07) is 8.88. The second-order valence-electron chi connectivity index (χ2n) is 5.82. The first-order valence-electron chi connectivity index (χ1n) is 8.11. The highest BCUT2D eigenvalue weighted by atomic mass is 35.5. The van der Waals surface area contributed by atoms with Gasteiger partial charge in [0, 0.05) is 11.6 Å². The van der Waals surface area contributed by atoms with Crippen LogP contribution in [-0.4, -0.2) is 20.9 Å². The molecule has 0 saturated heterocycles. The standard InChI is InChI=1S/C18H20Cl2N2O3S/c1-3-4-9-21-18(23)15-11-14(7-8-16(15)19)26(24,25)22-13-6-5-12(2)17(20)10-13/h5-8,10-11,22H,3-4,9H2,1-2H3,(H,21,23). The van der Waals surface area contributed by atoms with Crippen molar-refractivity contribution in [1.29, 1.82) is 0 Å². The molecular formula is C18H20Cl2N2O3S. The zero-order valence-corrected chi connectivity index (χ0v) is 16.8. The molecule has 0 aromatic heterocycles. The number of anilines is 1. The van der Waals surface area contributed by atoms with E-state index in [9.17, 15) is 13.2 Å². The fourth-order valence-corrected chi connectivity index (χ4v) is 3.65. The van der Waals surface area contributed by atoms with E-state index in [2.05, 4.69) is 10.0 Å². The topological polar surface area (TPSA) is 75.3 Å². The summed E-state index contributed by atoms with van der Waals surface area (Å²) in [5, 5.41) is 3.37. The van der Waals surface area contributed by atoms with E-state index in [-0.39, 0.29) is 15.5 Å². The van der Waals surface area contributed by atoms with Crippen LogP contribution >= 0.6 is 23.2 Å². The lowest BCUT2D eigenvalue weighted by atomic mass is 10.2. The van der Waals surface area contributed by atoms with Crippen molar-refractivity contribution in [3.63, 3.8) is 0 Å². The van der Waals surface area contributed by atoms with E-state index < -0.39 is 15.9 Å². The third-order valence-electron chi connectivity index (χ3n) is 3.73. The van der Waals surface area contributed by atoms with Gasteiger partial charge in [0.15, 0.2) is 0 Å². The lowest BCUT2D eigenvalue weighted by molar-refractivity contribution is 0.0953. The van der Waals surface area contributed by atoms with Crippen LogP contribution in [0.25, 0.3) is 0 Å². The molecule has 5 nitrogen and oxygen atoms in total. The van der Waals surface area contributed by atoms with E-state index in [1.165, 1.54) is 24.3 Å². The van der Waals surface area contributed by atoms with E-state index in [1.807, 2.05) is 13.8 Å². The van der Waals surface area contributed by atoms with Crippen molar-refractivity contribution < 1.29 is 13.2 Å². The van der Waals surface area contributed by atoms with Crippen LogP contribution < -0.4 is 10.0 Å². The van der Waals surface area contributed by atoms with Gasteiger partial charge in [0.05, 0.1) is 21.2 Å². The molecule has 2 N–H and O–H groups in total. The molecule has 0 heterocycles. The Bertz CT molecular complexity index is 915. The van der Waals surface area contributed by atoms with Crippen LogP contribution in [0.4, 0.5) is 5.69 Å². The van der Waals surface area contributed by atoms with E-state index in [4.69, 9.17) is 23.2 Å². The molecule has 0 aliphatic heterocycles. The Hall–Kier alpha value is -1.76. The molecule has 0 unspecified atom stereocenters. The predicted octanol–water partition coefficient (Wildman–Crippen LogP) is 4.63. The van der Waals surface area contributed by atoms with E-state index in [0.717, 1.165) is 18.4 Å². The lowest BCUT2D eigenvalue weighted by Crippen LogP contribution is -2.25. The Morgan fingerprint density at radius 1 is 1.08 bits per heavy atom. The number of carbonyl (C=O) groups excluding carboxylic acids is 1. The van der Waals surface area contributed by atoms with Gasteiger partial charge in [-0.2, -0.15) is 0 Å². The van der Waals surface area contributed by atoms with Gasteiger partial charge >= 0.3 is 0 Å². The number of benzene rings is 2. The number of carbonyl (C=O) groups is 1. The minimum atomic E-state index is -3.89. The molecule has 0 fully saturated rings. The monoisotopic (exact) mass is 414 g/mol. The third kappa shape index (κ3) is 5.13. The molecule has 2 rings (SSSR count). The Balaban J connectivity index is 2.27. The van der Waals surface area contributed by atoms with Gasteiger partial charge in [0.2, 0.25) is 0 Å². The number of hydrogen-bond acceptors (Lipinski definition) is 3. The molecule has 0 bridgehead atoms. The molecule has 0 atom stereocenters. The summed E-state index contributed by atoms with van der Waals surface area (Å²) >= 11 is 12.1. The first-order chi connectivity index (χ1) is 12.2. The van der Waals surface area contributed by atoms with Crippen molar-refractivity contribution in [1.82, 2.24) is 5.32 Å². The van der Waals surface area contributed by atoms with Gasteiger partial charge in [0.25, 0.3) is 15.9 Å². The minimum Gasteiger partial charge on any atom is -0.352 e. The van der Waals surface area contributed by atoms with Gasteiger partial charge in [-0.15, -0.1) is 0 Å². The minimum absolute atomic E-state index is 0.0563. The second kappa shape index (κ2) is 8.75. The zero-order chi connectivity index (χ0) is 19.3. The van der Waals surface area contributed by atoms with Gasteiger partial charge in [-0.05, 0) is 49.2 Å². The predicted molar refractivity (Wildman–Crippen MR) is 106 cm³/mol. The van der Waals surface area contributed by atoms with E-state index in [0.29, 0.717) is 17.3 Å². The van der Waals surface area contributed by atoms with E-state index in [1.54, 1.807) is 12.1 Å². The number of rotatable bonds is 7. The van der Waals surface area contributed by atoms with Crippen LogP contribution in [0, 0.1) is 6.92 Å². The summed E-state index contributed by atoms with van der Waals surface area (Å²) < 4.78 is 27.7. The van der Waals surface area contributed by atoms with Crippen molar-refractivity contribution in [2.24, 2.45) is 0 Å². The Morgan fingerprint density at radius 3 is 2.46 bits per heavy atom. The van der Waals surface area contributed by atoms with Crippen molar-refractivity contribution in [3.8, 4) is 0 Å². The number of halogens is 2. The SMILES string of the molecule is CCCCNC(=O)c1cc(S(=O)(=O)Nc2ccc(C)c(Cl)c2)ccc1Cl. The number of aryl methyl sites for hydroxylation is 1. The number of sulfonamides is 1. The lowest BCUT2D eigenvalue weighted by Gasteiger charge is -2.11. The van der Waals surface area contributed by atoms with Crippen molar-refractivity contribution >= 4 is 44.8 Å². The van der Waals surface area contributed by atoms with Crippen LogP contribution in [0.15, 0.2) is 41.3 Å². The Labute approximate surface area is 163 Å². The fourth-order valence-electron chi connectivity index (χ4n) is 2.19. The summed E-state index contributed by atoms with van der Waals surface area (Å²) in [5.74, 6) is -0.404. The first kappa shape index (κ1) is 20.6. The summed E-state index contributed by atoms with van der Waals surface area (Å²) in [6.45, 7) is 4.33. The Kier molecular flexibility index (Phi) is 6.92. The average Bonchev–Trinajstić information content (AvgIpc) is 2.58. The normalized spacial score (nSPS) is 11.2. The van der Waals surface area contributed by atoms with Crippen molar-refractivity contribution in [2.45, 2.75) is 31.6 Å². The van der Waals surface area contributed by atoms with Crippen LogP contribution in [0.1, 0.15) is 35.7 Å². The average molecular weight is 415 g/mol. The molecule has 0 radical (unpaired) electrons. The van der Waals surface area contributed by atoms with Gasteiger partial charge < -0.3 is 5.32 Å². The number of amides is 1. The molecule has 2 aromatic rings. The summed E-state index contributed by atoms with van der Waals surface area (Å²) in [4.78, 5) is 12.2. The smallest absolute Gasteiger partial charge is 0.261 e. The van der Waals surface area contributed by atoms with Gasteiger partial charge in [-0.3, -0.25) is 9.52 Å². The maximum atomic E-state index is 12.6. The molecule has 0 aliphatic rings. The first-order valence-corrected chi connectivity index (χ1v) is 10.3. The summed E-state index contributed by atoms with van der Waals surface area (Å²) in [5.41, 5.74) is 1.30. The number of nitrogens with one attached hydrogen (secondary N) is 2. The largest absolute Gasteiger partial charge is 0.352 e. The van der Waals surface area contributed by atoms with Crippen LogP contribution in [0.5, 0.6) is 0 Å². The highest BCUT2D eigenvalue weighted by Crippen LogP contribution is 2.25. The molecule has 8 heteroatoms. The third-order valence-corrected chi connectivity index (χ3v) is 5.85. The van der Waals surface area contributed by atoms with Crippen molar-refractivity contribution in [3.05, 3.63) is 57.6 Å². The number of hydrogen-bond donors (Lipinski definition) is 2. The highest BCUT2D eigenvalue weighted by molar-refractivity contribution is 7.92. The van der Waals surface area contributed by atoms with Crippen LogP contribution in [-0.2, 0) is 10.0 Å². The van der Waals surface area contributed by atoms with Gasteiger partial charge in [-0.25, -0.2) is 8.42 Å². The van der Waals surface area contributed by atoms with Crippen LogP contribution in [0.2, 0.25) is 10.0 Å². The number of unbranched alkanes of at least 4 members (excludes halogenated alkanes) is 1. The fraction of sp³-hybridized carbons (Fsp3) is 0.278. The van der Waals surface area contributed by atoms with Gasteiger partial charge in [-0.1, -0.05) is 42.6 Å². The maximum absolute atomic E-state index is 12.6. The Morgan fingerprint density at radius 2 is 1.81 bits per heavy atom. The molecule has 2 aromatic carbocycles. The highest BCUT2D eigenvalue weighted by Gasteiger charge is 2.19. The molecule has 0 aliphatic carbocycles. The zero-order valence-electron chi connectivity index (χ0n) is 14.5. The molecule has 140 valence electrons. The van der Waals surface area contributed by atoms with Crippen LogP contribution in [0.3, 0.4) is 0 Å². The van der Waals surface area contributed by atoms with Crippen molar-refractivity contribution in [2.75, 3.05) is 11.3 Å². The molecule has 0 saturated carbocycles. The quantitative estimate of drug-likeness (QED) is 0.648. The second-order valence-corrected chi connectivity index (χ2v) is 8.32.